The van der Waals surface area contributed by atoms with Crippen LogP contribution in [0.4, 0.5) is 0 Å². The largest absolute Gasteiger partial charge is 0.496 e. The van der Waals surface area contributed by atoms with Gasteiger partial charge in [0.25, 0.3) is 0 Å². The Hall–Kier alpha value is -3.05. The van der Waals surface area contributed by atoms with E-state index in [-0.39, 0.29) is 30.3 Å². The summed E-state index contributed by atoms with van der Waals surface area (Å²) in [6.45, 7) is 1.82. The van der Waals surface area contributed by atoms with Crippen molar-refractivity contribution in [2.75, 3.05) is 45.9 Å². The molecule has 1 aromatic carbocycles. The number of hydrogen-bond acceptors (Lipinski definition) is 8. The van der Waals surface area contributed by atoms with Gasteiger partial charge in [-0.05, 0) is 43.8 Å². The van der Waals surface area contributed by atoms with Gasteiger partial charge in [0.1, 0.15) is 11.3 Å². The highest BCUT2D eigenvalue weighted by atomic mass is 32.2. The molecule has 1 saturated heterocycles. The number of hydrogen-bond donors (Lipinski definition) is 2. The number of thioether (sulfide) groups is 1. The summed E-state index contributed by atoms with van der Waals surface area (Å²) < 4.78 is 10.6. The summed E-state index contributed by atoms with van der Waals surface area (Å²) >= 11 is 1.65. The van der Waals surface area contributed by atoms with E-state index in [4.69, 9.17) is 9.47 Å². The van der Waals surface area contributed by atoms with Crippen molar-refractivity contribution < 1.29 is 23.9 Å². The van der Waals surface area contributed by atoms with Crippen LogP contribution in [0.3, 0.4) is 0 Å². The number of methoxy groups -OCH3 is 2. The number of carbonyl (C=O) groups excluding carboxylic acids is 3. The molecule has 1 aromatic heterocycles. The highest BCUT2D eigenvalue weighted by molar-refractivity contribution is 7.98. The van der Waals surface area contributed by atoms with Crippen LogP contribution in [0.5, 0.6) is 5.75 Å². The number of ether oxygens (including phenoxy) is 2. The average molecular weight is 558 g/mol. The third kappa shape index (κ3) is 7.13. The fourth-order valence-corrected chi connectivity index (χ4v) is 6.38. The molecular weight excluding hydrogens is 518 g/mol. The number of aromatic nitrogens is 2. The summed E-state index contributed by atoms with van der Waals surface area (Å²) in [4.78, 5) is 50.2. The zero-order valence-electron chi connectivity index (χ0n) is 23.0. The molecule has 2 fully saturated rings. The highest BCUT2D eigenvalue weighted by Gasteiger charge is 2.61. The number of carbonyl (C=O) groups is 3. The van der Waals surface area contributed by atoms with Gasteiger partial charge in [-0.25, -0.2) is 9.78 Å². The van der Waals surface area contributed by atoms with Gasteiger partial charge in [-0.1, -0.05) is 18.2 Å². The minimum atomic E-state index is -0.951. The Morgan fingerprint density at radius 2 is 2.10 bits per heavy atom. The molecule has 0 spiro atoms. The van der Waals surface area contributed by atoms with Gasteiger partial charge in [-0.15, -0.1) is 0 Å². The normalized spacial score (nSPS) is 22.1. The van der Waals surface area contributed by atoms with Crippen LogP contribution < -0.4 is 10.1 Å². The van der Waals surface area contributed by atoms with Crippen LogP contribution in [0.15, 0.2) is 36.8 Å². The lowest BCUT2D eigenvalue weighted by molar-refractivity contribution is -0.147. The van der Waals surface area contributed by atoms with E-state index in [1.54, 1.807) is 31.4 Å². The lowest BCUT2D eigenvalue weighted by Crippen LogP contribution is -2.51. The van der Waals surface area contributed by atoms with Crippen molar-refractivity contribution in [3.05, 3.63) is 48.0 Å². The van der Waals surface area contributed by atoms with Crippen LogP contribution in [0, 0.1) is 5.92 Å². The predicted octanol–water partition coefficient (Wildman–Crippen LogP) is 2.26. The number of aromatic amines is 1. The molecule has 10 nitrogen and oxygen atoms in total. The number of amides is 2. The Morgan fingerprint density at radius 3 is 2.82 bits per heavy atom. The number of H-pyrrole nitrogens is 1. The second-order valence-corrected chi connectivity index (χ2v) is 11.2. The molecule has 4 rings (SSSR count). The number of para-hydroxylation sites is 1. The number of nitrogens with zero attached hydrogens (tertiary/aromatic N) is 3. The van der Waals surface area contributed by atoms with Gasteiger partial charge in [-0.2, -0.15) is 11.8 Å². The maximum absolute atomic E-state index is 13.4. The van der Waals surface area contributed by atoms with E-state index in [0.717, 1.165) is 35.6 Å². The van der Waals surface area contributed by atoms with Crippen LogP contribution >= 0.6 is 11.8 Å². The highest BCUT2D eigenvalue weighted by Crippen LogP contribution is 2.46. The monoisotopic (exact) mass is 557 g/mol. The Labute approximate surface area is 234 Å². The zero-order chi connectivity index (χ0) is 27.8. The van der Waals surface area contributed by atoms with Crippen LogP contribution in [0.25, 0.3) is 0 Å². The summed E-state index contributed by atoms with van der Waals surface area (Å²) in [6.07, 6.45) is 8.76. The van der Waals surface area contributed by atoms with E-state index >= 15 is 0 Å². The van der Waals surface area contributed by atoms with Crippen molar-refractivity contribution in [1.82, 2.24) is 25.1 Å². The second-order valence-electron chi connectivity index (χ2n) is 10.3. The molecule has 1 aliphatic carbocycles. The van der Waals surface area contributed by atoms with E-state index in [9.17, 15) is 14.4 Å². The predicted molar refractivity (Wildman–Crippen MR) is 149 cm³/mol. The molecule has 3 atom stereocenters. The van der Waals surface area contributed by atoms with Crippen LogP contribution in [0.2, 0.25) is 0 Å². The fraction of sp³-hybridized carbons (Fsp3) is 0.571. The number of likely N-dealkylation sites (tertiary alicyclic amines) is 1. The molecule has 212 valence electrons. The Morgan fingerprint density at radius 1 is 1.28 bits per heavy atom. The SMILES string of the molecule is COC(=O)C1(NC(=O)CN(Cc2ccccc2OC)CC2CCCN2C(=O)CCc2cnc[nH]2)CC1CSC. The van der Waals surface area contributed by atoms with Crippen molar-refractivity contribution in [1.29, 1.82) is 0 Å². The minimum absolute atomic E-state index is 0.00139. The molecular formula is C28H39N5O5S. The number of nitrogens with one attached hydrogen (secondary N) is 2. The molecule has 2 amide bonds. The van der Waals surface area contributed by atoms with Crippen molar-refractivity contribution in [3.63, 3.8) is 0 Å². The van der Waals surface area contributed by atoms with E-state index in [2.05, 4.69) is 20.2 Å². The maximum Gasteiger partial charge on any atom is 0.331 e. The molecule has 1 aliphatic heterocycles. The van der Waals surface area contributed by atoms with Gasteiger partial charge in [0.15, 0.2) is 0 Å². The van der Waals surface area contributed by atoms with E-state index in [0.29, 0.717) is 38.9 Å². The molecule has 2 N–H and O–H groups in total. The molecule has 3 unspecified atom stereocenters. The van der Waals surface area contributed by atoms with E-state index < -0.39 is 11.5 Å². The quantitative estimate of drug-likeness (QED) is 0.340. The standard InChI is InChI=1S/C28H39N5O5S/c1-37-24-9-5-4-7-20(24)15-32(17-25(34)31-28(27(36)38-2)13-21(28)18-39-3)16-23-8-6-12-33(23)26(35)11-10-22-14-29-19-30-22/h4-5,7,9,14,19,21,23H,6,8,10-13,15-18H2,1-3H3,(H,29,30)(H,31,34). The Balaban J connectivity index is 1.46. The van der Waals surface area contributed by atoms with Crippen molar-refractivity contribution in [2.45, 2.75) is 50.2 Å². The molecule has 1 saturated carbocycles. The number of benzene rings is 1. The smallest absolute Gasteiger partial charge is 0.331 e. The molecule has 2 heterocycles. The summed E-state index contributed by atoms with van der Waals surface area (Å²) in [5, 5.41) is 3.00. The van der Waals surface area contributed by atoms with Crippen molar-refractivity contribution in [3.8, 4) is 5.75 Å². The molecule has 11 heteroatoms. The zero-order valence-corrected chi connectivity index (χ0v) is 23.8. The molecule has 0 radical (unpaired) electrons. The topological polar surface area (TPSA) is 117 Å². The second kappa shape index (κ2) is 13.3. The summed E-state index contributed by atoms with van der Waals surface area (Å²) in [5.74, 6) is 1.07. The minimum Gasteiger partial charge on any atom is -0.496 e. The van der Waals surface area contributed by atoms with Gasteiger partial charge in [-0.3, -0.25) is 14.5 Å². The number of aryl methyl sites for hydroxylation is 1. The third-order valence-corrected chi connectivity index (χ3v) is 8.40. The van der Waals surface area contributed by atoms with Gasteiger partial charge >= 0.3 is 5.97 Å². The maximum atomic E-state index is 13.4. The average Bonchev–Trinajstić information content (AvgIpc) is 3.28. The molecule has 2 aliphatic rings. The number of imidazole rings is 1. The number of esters is 1. The van der Waals surface area contributed by atoms with E-state index in [1.165, 1.54) is 7.11 Å². The Bertz CT molecular complexity index is 1130. The summed E-state index contributed by atoms with van der Waals surface area (Å²) in [5.41, 5.74) is 0.942. The number of rotatable bonds is 14. The first-order valence-corrected chi connectivity index (χ1v) is 14.8. The van der Waals surface area contributed by atoms with Gasteiger partial charge in [0.2, 0.25) is 11.8 Å². The summed E-state index contributed by atoms with van der Waals surface area (Å²) in [7, 11) is 2.99. The molecule has 39 heavy (non-hydrogen) atoms. The first-order chi connectivity index (χ1) is 18.9. The van der Waals surface area contributed by atoms with Gasteiger partial charge in [0.05, 0.1) is 27.1 Å². The first kappa shape index (κ1) is 28.9. The molecule has 2 aromatic rings. The third-order valence-electron chi connectivity index (χ3n) is 7.67. The summed E-state index contributed by atoms with van der Waals surface area (Å²) in [6, 6.07) is 7.74. The van der Waals surface area contributed by atoms with Crippen molar-refractivity contribution in [2.24, 2.45) is 5.92 Å². The van der Waals surface area contributed by atoms with Crippen molar-refractivity contribution >= 4 is 29.5 Å². The lowest BCUT2D eigenvalue weighted by atomic mass is 10.1. The first-order valence-electron chi connectivity index (χ1n) is 13.4. The van der Waals surface area contributed by atoms with Gasteiger partial charge in [0, 0.05) is 55.5 Å². The van der Waals surface area contributed by atoms with Gasteiger partial charge < -0.3 is 24.7 Å². The van der Waals surface area contributed by atoms with E-state index in [1.807, 2.05) is 35.4 Å². The van der Waals surface area contributed by atoms with Crippen LogP contribution in [-0.2, 0) is 32.1 Å². The Kier molecular flexibility index (Phi) is 9.90. The fourth-order valence-electron chi connectivity index (χ4n) is 5.58. The lowest BCUT2D eigenvalue weighted by Gasteiger charge is -2.31. The van der Waals surface area contributed by atoms with Crippen LogP contribution in [-0.4, -0.2) is 95.0 Å². The molecule has 0 bridgehead atoms. The van der Waals surface area contributed by atoms with Crippen LogP contribution in [0.1, 0.15) is 36.9 Å².